The molecule has 0 heterocycles. The number of nitrogens with one attached hydrogen (secondary N) is 1. The topological polar surface area (TPSA) is 112 Å². The lowest BCUT2D eigenvalue weighted by atomic mass is 9.77. The largest absolute Gasteiger partial charge is 0.488 e. The Kier molecular flexibility index (Phi) is 4.24. The molecular weight excluding hydrogens is 219 g/mol. The number of hydrazone groups is 1. The van der Waals surface area contributed by atoms with E-state index in [0.717, 1.165) is 5.56 Å². The minimum Gasteiger partial charge on any atom is -0.423 e. The fraction of sp³-hybridized carbons (Fsp3) is 0.100. The molecule has 3 N–H and O–H groups in total. The van der Waals surface area contributed by atoms with Crippen molar-refractivity contribution in [3.05, 3.63) is 23.8 Å². The maximum atomic E-state index is 9.09. The molecule has 1 aromatic rings. The molecule has 0 aliphatic carbocycles. The van der Waals surface area contributed by atoms with Gasteiger partial charge in [-0.05, 0) is 24.5 Å². The van der Waals surface area contributed by atoms with Crippen molar-refractivity contribution in [1.82, 2.24) is 0 Å². The molecule has 1 aromatic carbocycles. The third-order valence-corrected chi connectivity index (χ3v) is 2.07. The Morgan fingerprint density at radius 1 is 1.35 bits per heavy atom. The monoisotopic (exact) mass is 228 g/mol. The van der Waals surface area contributed by atoms with Crippen LogP contribution in [0.1, 0.15) is 5.56 Å². The van der Waals surface area contributed by atoms with Gasteiger partial charge in [-0.1, -0.05) is 11.6 Å². The summed E-state index contributed by atoms with van der Waals surface area (Å²) in [4.78, 5) is 0. The zero-order valence-electron chi connectivity index (χ0n) is 9.05. The summed E-state index contributed by atoms with van der Waals surface area (Å²) in [6.45, 7) is 1.73. The van der Waals surface area contributed by atoms with E-state index in [-0.39, 0.29) is 5.71 Å². The first-order chi connectivity index (χ1) is 8.08. The first-order valence-electron chi connectivity index (χ1n) is 4.69. The van der Waals surface area contributed by atoms with Crippen LogP contribution in [-0.4, -0.2) is 22.9 Å². The van der Waals surface area contributed by atoms with E-state index >= 15 is 0 Å². The van der Waals surface area contributed by atoms with Crippen molar-refractivity contribution in [3.63, 3.8) is 0 Å². The van der Waals surface area contributed by atoms with Crippen LogP contribution in [0.2, 0.25) is 0 Å². The highest BCUT2D eigenvalue weighted by Gasteiger charge is 2.14. The molecule has 84 valence electrons. The number of hydrogen-bond donors (Lipinski definition) is 3. The molecule has 0 atom stereocenters. The Balaban J connectivity index is 2.96. The van der Waals surface area contributed by atoms with Crippen LogP contribution >= 0.6 is 0 Å². The number of nitrogens with zero attached hydrogens (tertiary/aromatic N) is 3. The highest BCUT2D eigenvalue weighted by Crippen LogP contribution is 2.07. The van der Waals surface area contributed by atoms with Crippen molar-refractivity contribution in [2.24, 2.45) is 5.10 Å². The minimum absolute atomic E-state index is 0.309. The van der Waals surface area contributed by atoms with Crippen LogP contribution in [0.3, 0.4) is 0 Å². The second kappa shape index (κ2) is 5.66. The lowest BCUT2D eigenvalue weighted by Gasteiger charge is -2.07. The maximum absolute atomic E-state index is 9.09. The average Bonchev–Trinajstić information content (AvgIpc) is 2.32. The van der Waals surface area contributed by atoms with Gasteiger partial charge >= 0.3 is 7.12 Å². The Labute approximate surface area is 98.6 Å². The summed E-state index contributed by atoms with van der Waals surface area (Å²) in [5, 5.41) is 38.6. The van der Waals surface area contributed by atoms with E-state index in [1.54, 1.807) is 31.2 Å². The molecule has 0 bridgehead atoms. The fourth-order valence-corrected chi connectivity index (χ4v) is 1.18. The predicted molar refractivity (Wildman–Crippen MR) is 63.3 cm³/mol. The molecule has 0 aromatic heterocycles. The standard InChI is InChI=1S/C10H9BN4O2/c1-7-2-3-8(4-10(7)11(16)17)14-15-9(5-12)6-13/h2-4,14,16-17H,1H3. The lowest BCUT2D eigenvalue weighted by molar-refractivity contribution is 0.425. The SMILES string of the molecule is Cc1ccc(NN=C(C#N)C#N)cc1B(O)O. The molecule has 0 saturated heterocycles. The van der Waals surface area contributed by atoms with Crippen molar-refractivity contribution in [2.45, 2.75) is 6.92 Å². The van der Waals surface area contributed by atoms with E-state index in [4.69, 9.17) is 20.6 Å². The highest BCUT2D eigenvalue weighted by molar-refractivity contribution is 6.59. The molecule has 6 nitrogen and oxygen atoms in total. The molecule has 1 rings (SSSR count). The van der Waals surface area contributed by atoms with E-state index in [9.17, 15) is 0 Å². The molecule has 0 aliphatic heterocycles. The summed E-state index contributed by atoms with van der Waals surface area (Å²) in [7, 11) is -1.58. The number of nitriles is 2. The number of rotatable bonds is 3. The van der Waals surface area contributed by atoms with Crippen molar-refractivity contribution in [2.75, 3.05) is 5.43 Å². The number of anilines is 1. The minimum atomic E-state index is -1.58. The molecule has 0 spiro atoms. The predicted octanol–water partition coefficient (Wildman–Crippen LogP) is -0.510. The van der Waals surface area contributed by atoms with Crippen molar-refractivity contribution >= 4 is 24.0 Å². The van der Waals surface area contributed by atoms with Crippen molar-refractivity contribution < 1.29 is 10.0 Å². The summed E-state index contributed by atoms with van der Waals surface area (Å²) < 4.78 is 0. The molecule has 0 fully saturated rings. The normalized spacial score (nSPS) is 8.76. The fourth-order valence-electron chi connectivity index (χ4n) is 1.18. The maximum Gasteiger partial charge on any atom is 0.488 e. The molecule has 0 saturated carbocycles. The molecule has 17 heavy (non-hydrogen) atoms. The van der Waals surface area contributed by atoms with Gasteiger partial charge in [-0.25, -0.2) is 0 Å². The third-order valence-electron chi connectivity index (χ3n) is 2.07. The van der Waals surface area contributed by atoms with E-state index in [1.165, 1.54) is 6.07 Å². The van der Waals surface area contributed by atoms with Crippen LogP contribution in [0.5, 0.6) is 0 Å². The van der Waals surface area contributed by atoms with Gasteiger partial charge in [0.1, 0.15) is 12.1 Å². The number of hydrogen-bond acceptors (Lipinski definition) is 6. The van der Waals surface area contributed by atoms with Crippen molar-refractivity contribution in [1.29, 1.82) is 10.5 Å². The van der Waals surface area contributed by atoms with E-state index < -0.39 is 7.12 Å². The van der Waals surface area contributed by atoms with Crippen LogP contribution in [0.4, 0.5) is 5.69 Å². The zero-order valence-corrected chi connectivity index (χ0v) is 9.05. The number of aryl methyl sites for hydroxylation is 1. The van der Waals surface area contributed by atoms with Gasteiger partial charge in [0.05, 0.1) is 5.69 Å². The van der Waals surface area contributed by atoms with Crippen LogP contribution in [0.25, 0.3) is 0 Å². The van der Waals surface area contributed by atoms with E-state index in [0.29, 0.717) is 11.2 Å². The highest BCUT2D eigenvalue weighted by atomic mass is 16.4. The second-order valence-corrected chi connectivity index (χ2v) is 3.24. The summed E-state index contributed by atoms with van der Waals surface area (Å²) in [5.41, 5.74) is 3.69. The van der Waals surface area contributed by atoms with Gasteiger partial charge in [-0.15, -0.1) is 0 Å². The van der Waals surface area contributed by atoms with Gasteiger partial charge in [0.25, 0.3) is 0 Å². The summed E-state index contributed by atoms with van der Waals surface area (Å²) in [5.74, 6) is 0. The van der Waals surface area contributed by atoms with Crippen LogP contribution in [0, 0.1) is 29.6 Å². The smallest absolute Gasteiger partial charge is 0.423 e. The van der Waals surface area contributed by atoms with Crippen LogP contribution < -0.4 is 10.9 Å². The molecular formula is C10H9BN4O2. The van der Waals surface area contributed by atoms with E-state index in [1.807, 2.05) is 0 Å². The first-order valence-corrected chi connectivity index (χ1v) is 4.69. The first kappa shape index (κ1) is 12.7. The molecule has 0 amide bonds. The Morgan fingerprint density at radius 3 is 2.53 bits per heavy atom. The number of benzene rings is 1. The van der Waals surface area contributed by atoms with Gasteiger partial charge in [-0.2, -0.15) is 15.6 Å². The van der Waals surface area contributed by atoms with E-state index in [2.05, 4.69) is 10.5 Å². The van der Waals surface area contributed by atoms with Gasteiger partial charge in [0, 0.05) is 0 Å². The Morgan fingerprint density at radius 2 is 2.00 bits per heavy atom. The van der Waals surface area contributed by atoms with Crippen LogP contribution in [0.15, 0.2) is 23.3 Å². The average molecular weight is 228 g/mol. The summed E-state index contributed by atoms with van der Waals surface area (Å²) in [6, 6.07) is 8.00. The van der Waals surface area contributed by atoms with Gasteiger partial charge in [0.15, 0.2) is 0 Å². The van der Waals surface area contributed by atoms with Gasteiger partial charge < -0.3 is 10.0 Å². The second-order valence-electron chi connectivity index (χ2n) is 3.24. The molecule has 0 unspecified atom stereocenters. The van der Waals surface area contributed by atoms with Crippen LogP contribution in [-0.2, 0) is 0 Å². The Bertz CT molecular complexity index is 512. The summed E-state index contributed by atoms with van der Waals surface area (Å²) >= 11 is 0. The van der Waals surface area contributed by atoms with Gasteiger partial charge in [-0.3, -0.25) is 5.43 Å². The van der Waals surface area contributed by atoms with Gasteiger partial charge in [0.2, 0.25) is 5.71 Å². The Hall–Kier alpha value is -2.35. The zero-order chi connectivity index (χ0) is 12.8. The molecule has 0 radical (unpaired) electrons. The molecule has 7 heteroatoms. The quantitative estimate of drug-likeness (QED) is 0.366. The summed E-state index contributed by atoms with van der Waals surface area (Å²) in [6.07, 6.45) is 0. The lowest BCUT2D eigenvalue weighted by Crippen LogP contribution is -2.32. The third kappa shape index (κ3) is 3.31. The van der Waals surface area contributed by atoms with Crippen molar-refractivity contribution in [3.8, 4) is 12.1 Å². The molecule has 0 aliphatic rings.